The minimum Gasteiger partial charge on any atom is -0.481 e. The summed E-state index contributed by atoms with van der Waals surface area (Å²) in [6.07, 6.45) is 1.71. The van der Waals surface area contributed by atoms with Crippen molar-refractivity contribution < 1.29 is 14.7 Å². The lowest BCUT2D eigenvalue weighted by molar-refractivity contribution is -0.141. The van der Waals surface area contributed by atoms with Crippen molar-refractivity contribution in [2.45, 2.75) is 38.6 Å². The van der Waals surface area contributed by atoms with Gasteiger partial charge in [0.15, 0.2) is 0 Å². The van der Waals surface area contributed by atoms with Gasteiger partial charge in [-0.3, -0.25) is 9.59 Å². The molecule has 0 unspecified atom stereocenters. The van der Waals surface area contributed by atoms with Crippen LogP contribution in [0.25, 0.3) is 0 Å². The minimum atomic E-state index is -0.789. The van der Waals surface area contributed by atoms with Gasteiger partial charge in [-0.25, -0.2) is 0 Å². The number of hydrogen-bond acceptors (Lipinski definition) is 2. The standard InChI is InChI=1S/C16H21NO3/c1-16(2,13-6-4-3-5-7-13)17-14(18)11-8-9-12(10-11)15(19)20/h3-7,11-12H,8-10H2,1-2H3,(H,17,18)(H,19,20)/t11-,12+/m1/s1. The van der Waals surface area contributed by atoms with Crippen molar-refractivity contribution in [2.75, 3.05) is 0 Å². The Balaban J connectivity index is 2.00. The Morgan fingerprint density at radius 3 is 2.30 bits per heavy atom. The van der Waals surface area contributed by atoms with Crippen LogP contribution in [0.3, 0.4) is 0 Å². The molecule has 0 aromatic heterocycles. The number of nitrogens with one attached hydrogen (secondary N) is 1. The van der Waals surface area contributed by atoms with Gasteiger partial charge < -0.3 is 10.4 Å². The predicted molar refractivity (Wildman–Crippen MR) is 76.1 cm³/mol. The molecule has 2 rings (SSSR count). The first-order chi connectivity index (χ1) is 9.40. The SMILES string of the molecule is CC(C)(NC(=O)[C@@H]1CC[C@H](C(=O)O)C1)c1ccccc1. The van der Waals surface area contributed by atoms with Crippen LogP contribution in [-0.4, -0.2) is 17.0 Å². The second-order valence-electron chi connectivity index (χ2n) is 6.03. The van der Waals surface area contributed by atoms with Crippen molar-refractivity contribution in [1.82, 2.24) is 5.32 Å². The monoisotopic (exact) mass is 275 g/mol. The molecule has 0 bridgehead atoms. The lowest BCUT2D eigenvalue weighted by atomic mass is 9.93. The van der Waals surface area contributed by atoms with Crippen LogP contribution in [0.5, 0.6) is 0 Å². The maximum absolute atomic E-state index is 12.3. The van der Waals surface area contributed by atoms with Crippen molar-refractivity contribution in [2.24, 2.45) is 11.8 Å². The summed E-state index contributed by atoms with van der Waals surface area (Å²) in [5.74, 6) is -1.38. The third-order valence-electron chi connectivity index (χ3n) is 4.08. The van der Waals surface area contributed by atoms with Gasteiger partial charge in [-0.1, -0.05) is 30.3 Å². The zero-order chi connectivity index (χ0) is 14.8. The lowest BCUT2D eigenvalue weighted by Crippen LogP contribution is -2.43. The molecule has 4 nitrogen and oxygen atoms in total. The van der Waals surface area contributed by atoms with E-state index in [1.807, 2.05) is 44.2 Å². The normalized spacial score (nSPS) is 22.5. The van der Waals surface area contributed by atoms with Crippen LogP contribution in [0.15, 0.2) is 30.3 Å². The van der Waals surface area contributed by atoms with Crippen molar-refractivity contribution >= 4 is 11.9 Å². The molecule has 1 fully saturated rings. The van der Waals surface area contributed by atoms with Crippen LogP contribution in [0.4, 0.5) is 0 Å². The zero-order valence-electron chi connectivity index (χ0n) is 11.9. The molecule has 1 aromatic rings. The van der Waals surface area contributed by atoms with E-state index >= 15 is 0 Å². The maximum Gasteiger partial charge on any atom is 0.306 e. The summed E-state index contributed by atoms with van der Waals surface area (Å²) in [5.41, 5.74) is 0.598. The summed E-state index contributed by atoms with van der Waals surface area (Å²) in [6, 6.07) is 9.79. The molecule has 1 amide bonds. The molecule has 1 aliphatic carbocycles. The van der Waals surface area contributed by atoms with Gasteiger partial charge in [0.05, 0.1) is 11.5 Å². The lowest BCUT2D eigenvalue weighted by Gasteiger charge is -2.28. The third-order valence-corrected chi connectivity index (χ3v) is 4.08. The Morgan fingerprint density at radius 1 is 1.15 bits per heavy atom. The zero-order valence-corrected chi connectivity index (χ0v) is 11.9. The number of carboxylic acid groups (broad SMARTS) is 1. The Kier molecular flexibility index (Phi) is 4.12. The van der Waals surface area contributed by atoms with Gasteiger partial charge in [0.1, 0.15) is 0 Å². The molecule has 0 saturated heterocycles. The molecular formula is C16H21NO3. The predicted octanol–water partition coefficient (Wildman–Crippen LogP) is 2.54. The molecule has 1 aromatic carbocycles. The first-order valence-electron chi connectivity index (χ1n) is 7.00. The summed E-state index contributed by atoms with van der Waals surface area (Å²) in [7, 11) is 0. The molecule has 2 atom stereocenters. The van der Waals surface area contributed by atoms with E-state index in [9.17, 15) is 9.59 Å². The van der Waals surface area contributed by atoms with Gasteiger partial charge in [0.2, 0.25) is 5.91 Å². The average molecular weight is 275 g/mol. The Labute approximate surface area is 119 Å². The summed E-state index contributed by atoms with van der Waals surface area (Å²) < 4.78 is 0. The molecule has 0 heterocycles. The molecule has 20 heavy (non-hydrogen) atoms. The van der Waals surface area contributed by atoms with Gasteiger partial charge in [-0.2, -0.15) is 0 Å². The van der Waals surface area contributed by atoms with E-state index in [-0.39, 0.29) is 17.7 Å². The highest BCUT2D eigenvalue weighted by molar-refractivity contribution is 5.81. The quantitative estimate of drug-likeness (QED) is 0.887. The number of benzene rings is 1. The number of carboxylic acids is 1. The summed E-state index contributed by atoms with van der Waals surface area (Å²) in [4.78, 5) is 23.2. The van der Waals surface area contributed by atoms with Crippen LogP contribution >= 0.6 is 0 Å². The largest absolute Gasteiger partial charge is 0.481 e. The van der Waals surface area contributed by atoms with Crippen molar-refractivity contribution in [1.29, 1.82) is 0 Å². The second kappa shape index (κ2) is 5.65. The van der Waals surface area contributed by atoms with E-state index in [4.69, 9.17) is 5.11 Å². The first kappa shape index (κ1) is 14.6. The number of carbonyl (C=O) groups is 2. The van der Waals surface area contributed by atoms with Gasteiger partial charge in [-0.05, 0) is 38.7 Å². The third kappa shape index (κ3) is 3.18. The van der Waals surface area contributed by atoms with E-state index in [0.29, 0.717) is 19.3 Å². The fraction of sp³-hybridized carbons (Fsp3) is 0.500. The molecule has 1 saturated carbocycles. The number of hydrogen-bond donors (Lipinski definition) is 2. The second-order valence-corrected chi connectivity index (χ2v) is 6.03. The Bertz CT molecular complexity index is 496. The van der Waals surface area contributed by atoms with Crippen LogP contribution in [0.2, 0.25) is 0 Å². The van der Waals surface area contributed by atoms with Gasteiger partial charge in [-0.15, -0.1) is 0 Å². The number of amides is 1. The van der Waals surface area contributed by atoms with Gasteiger partial charge in [0, 0.05) is 5.92 Å². The van der Waals surface area contributed by atoms with Crippen LogP contribution in [0, 0.1) is 11.8 Å². The van der Waals surface area contributed by atoms with Gasteiger partial charge >= 0.3 is 5.97 Å². The molecule has 0 aliphatic heterocycles. The Hall–Kier alpha value is -1.84. The maximum atomic E-state index is 12.3. The molecule has 0 spiro atoms. The summed E-state index contributed by atoms with van der Waals surface area (Å²) in [5, 5.41) is 12.0. The molecule has 0 radical (unpaired) electrons. The van der Waals surface area contributed by atoms with Crippen LogP contribution in [-0.2, 0) is 15.1 Å². The molecule has 2 N–H and O–H groups in total. The Morgan fingerprint density at radius 2 is 1.75 bits per heavy atom. The van der Waals surface area contributed by atoms with E-state index in [0.717, 1.165) is 5.56 Å². The van der Waals surface area contributed by atoms with E-state index in [1.165, 1.54) is 0 Å². The fourth-order valence-corrected chi connectivity index (χ4v) is 2.78. The molecule has 108 valence electrons. The molecule has 4 heteroatoms. The van der Waals surface area contributed by atoms with E-state index < -0.39 is 11.5 Å². The molecular weight excluding hydrogens is 254 g/mol. The van der Waals surface area contributed by atoms with E-state index in [2.05, 4.69) is 5.32 Å². The highest BCUT2D eigenvalue weighted by Crippen LogP contribution is 2.32. The smallest absolute Gasteiger partial charge is 0.306 e. The summed E-state index contributed by atoms with van der Waals surface area (Å²) in [6.45, 7) is 3.92. The topological polar surface area (TPSA) is 66.4 Å². The first-order valence-corrected chi connectivity index (χ1v) is 7.00. The number of rotatable bonds is 4. The molecule has 1 aliphatic rings. The number of aliphatic carboxylic acids is 1. The van der Waals surface area contributed by atoms with E-state index in [1.54, 1.807) is 0 Å². The van der Waals surface area contributed by atoms with Crippen molar-refractivity contribution in [3.8, 4) is 0 Å². The number of carbonyl (C=O) groups excluding carboxylic acids is 1. The van der Waals surface area contributed by atoms with Crippen molar-refractivity contribution in [3.63, 3.8) is 0 Å². The van der Waals surface area contributed by atoms with Crippen molar-refractivity contribution in [3.05, 3.63) is 35.9 Å². The minimum absolute atomic E-state index is 0.0393. The highest BCUT2D eigenvalue weighted by atomic mass is 16.4. The summed E-state index contributed by atoms with van der Waals surface area (Å²) >= 11 is 0. The average Bonchev–Trinajstić information content (AvgIpc) is 2.89. The highest BCUT2D eigenvalue weighted by Gasteiger charge is 2.35. The fourth-order valence-electron chi connectivity index (χ4n) is 2.78. The van der Waals surface area contributed by atoms with Crippen LogP contribution < -0.4 is 5.32 Å². The van der Waals surface area contributed by atoms with Crippen LogP contribution in [0.1, 0.15) is 38.7 Å². The van der Waals surface area contributed by atoms with Gasteiger partial charge in [0.25, 0.3) is 0 Å².